The van der Waals surface area contributed by atoms with Gasteiger partial charge in [0.1, 0.15) is 5.67 Å². The fourth-order valence-electron chi connectivity index (χ4n) is 1.20. The molecule has 0 heterocycles. The molecule has 2 N–H and O–H groups in total. The lowest BCUT2D eigenvalue weighted by Gasteiger charge is -2.17. The van der Waals surface area contributed by atoms with Crippen LogP contribution in [0.5, 0.6) is 0 Å². The van der Waals surface area contributed by atoms with E-state index in [4.69, 9.17) is 17.3 Å². The van der Waals surface area contributed by atoms with Crippen LogP contribution >= 0.6 is 11.6 Å². The summed E-state index contributed by atoms with van der Waals surface area (Å²) in [5.41, 5.74) is 5.07. The van der Waals surface area contributed by atoms with E-state index in [0.717, 1.165) is 5.56 Å². The van der Waals surface area contributed by atoms with Crippen molar-refractivity contribution in [2.45, 2.75) is 25.4 Å². The first-order valence-corrected chi connectivity index (χ1v) is 5.05. The van der Waals surface area contributed by atoms with Gasteiger partial charge in [-0.3, -0.25) is 0 Å². The lowest BCUT2D eigenvalue weighted by atomic mass is 9.99. The van der Waals surface area contributed by atoms with Crippen LogP contribution in [0.3, 0.4) is 0 Å². The Kier molecular flexibility index (Phi) is 3.90. The number of halogens is 2. The Morgan fingerprint density at radius 3 is 2.79 bits per heavy atom. The summed E-state index contributed by atoms with van der Waals surface area (Å²) in [6, 6.07) is 7.48. The molecule has 0 saturated heterocycles. The predicted molar refractivity (Wildman–Crippen MR) is 58.3 cm³/mol. The quantitative estimate of drug-likeness (QED) is 0.821. The molecular weight excluding hydrogens is 201 g/mol. The zero-order valence-corrected chi connectivity index (χ0v) is 9.02. The summed E-state index contributed by atoms with van der Waals surface area (Å²) >= 11 is 5.81. The minimum Gasteiger partial charge on any atom is -0.328 e. The average Bonchev–Trinajstić information content (AvgIpc) is 2.15. The van der Waals surface area contributed by atoms with Crippen molar-refractivity contribution in [2.24, 2.45) is 5.73 Å². The van der Waals surface area contributed by atoms with Crippen LogP contribution in [-0.4, -0.2) is 12.2 Å². The van der Waals surface area contributed by atoms with Crippen LogP contribution in [0.25, 0.3) is 0 Å². The third kappa shape index (κ3) is 3.64. The third-order valence-corrected chi connectivity index (χ3v) is 2.48. The first-order chi connectivity index (χ1) is 6.53. The van der Waals surface area contributed by atoms with E-state index >= 15 is 0 Å². The predicted octanol–water partition coefficient (Wildman–Crippen LogP) is 2.96. The molecule has 1 unspecified atom stereocenters. The van der Waals surface area contributed by atoms with Crippen LogP contribution < -0.4 is 5.73 Å². The van der Waals surface area contributed by atoms with Gasteiger partial charge in [0, 0.05) is 11.6 Å². The van der Waals surface area contributed by atoms with Crippen molar-refractivity contribution < 1.29 is 4.39 Å². The van der Waals surface area contributed by atoms with Crippen LogP contribution in [0, 0.1) is 0 Å². The van der Waals surface area contributed by atoms with Crippen molar-refractivity contribution in [3.05, 3.63) is 34.9 Å². The fourth-order valence-corrected chi connectivity index (χ4v) is 1.41. The monoisotopic (exact) mass is 215 g/mol. The van der Waals surface area contributed by atoms with Crippen molar-refractivity contribution >= 4 is 11.6 Å². The summed E-state index contributed by atoms with van der Waals surface area (Å²) in [5, 5.41) is 0.691. The molecule has 0 amide bonds. The van der Waals surface area contributed by atoms with Gasteiger partial charge in [0.2, 0.25) is 0 Å². The Balaban J connectivity index is 2.54. The topological polar surface area (TPSA) is 26.0 Å². The Morgan fingerprint density at radius 1 is 1.50 bits per heavy atom. The van der Waals surface area contributed by atoms with Gasteiger partial charge >= 0.3 is 0 Å². The van der Waals surface area contributed by atoms with E-state index in [2.05, 4.69) is 0 Å². The van der Waals surface area contributed by atoms with Crippen LogP contribution in [0.1, 0.15) is 18.9 Å². The van der Waals surface area contributed by atoms with E-state index in [0.29, 0.717) is 17.9 Å². The molecule has 0 radical (unpaired) electrons. The van der Waals surface area contributed by atoms with Crippen molar-refractivity contribution in [1.29, 1.82) is 0 Å². The zero-order chi connectivity index (χ0) is 10.6. The molecule has 0 spiro atoms. The van der Waals surface area contributed by atoms with E-state index in [1.54, 1.807) is 0 Å². The highest BCUT2D eigenvalue weighted by Gasteiger charge is 2.20. The molecule has 0 fully saturated rings. The minimum absolute atomic E-state index is 0.0631. The maximum Gasteiger partial charge on any atom is 0.120 e. The van der Waals surface area contributed by atoms with Gasteiger partial charge in [-0.2, -0.15) is 0 Å². The molecule has 3 heteroatoms. The minimum atomic E-state index is -1.28. The molecule has 0 aliphatic heterocycles. The molecular formula is C11H15ClFN. The maximum atomic E-state index is 13.4. The van der Waals surface area contributed by atoms with Crippen LogP contribution in [0.4, 0.5) is 4.39 Å². The Labute approximate surface area is 89.1 Å². The maximum absolute atomic E-state index is 13.4. The lowest BCUT2D eigenvalue weighted by Crippen LogP contribution is -2.29. The lowest BCUT2D eigenvalue weighted by molar-refractivity contribution is 0.186. The molecule has 1 nitrogen and oxygen atoms in total. The van der Waals surface area contributed by atoms with E-state index in [1.807, 2.05) is 24.3 Å². The first kappa shape index (κ1) is 11.5. The largest absolute Gasteiger partial charge is 0.328 e. The molecule has 1 rings (SSSR count). The standard InChI is InChI=1S/C11H15ClFN/c1-11(13,8-14)6-5-9-3-2-4-10(12)7-9/h2-4,7H,5-6,8,14H2,1H3. The summed E-state index contributed by atoms with van der Waals surface area (Å²) in [6.45, 7) is 1.59. The number of rotatable bonds is 4. The number of nitrogens with two attached hydrogens (primary N) is 1. The third-order valence-electron chi connectivity index (χ3n) is 2.25. The highest BCUT2D eigenvalue weighted by Crippen LogP contribution is 2.18. The molecule has 1 aromatic rings. The Bertz CT molecular complexity index is 299. The SMILES string of the molecule is CC(F)(CN)CCc1cccc(Cl)c1. The zero-order valence-electron chi connectivity index (χ0n) is 8.26. The van der Waals surface area contributed by atoms with E-state index < -0.39 is 5.67 Å². The van der Waals surface area contributed by atoms with Gasteiger partial charge in [-0.1, -0.05) is 23.7 Å². The normalized spacial score (nSPS) is 15.1. The highest BCUT2D eigenvalue weighted by molar-refractivity contribution is 6.30. The van der Waals surface area contributed by atoms with Crippen molar-refractivity contribution in [1.82, 2.24) is 0 Å². The van der Waals surface area contributed by atoms with Gasteiger partial charge in [-0.15, -0.1) is 0 Å². The molecule has 0 aliphatic rings. The van der Waals surface area contributed by atoms with E-state index in [9.17, 15) is 4.39 Å². The second-order valence-corrected chi connectivity index (χ2v) is 4.18. The molecule has 0 aliphatic carbocycles. The molecule has 0 bridgehead atoms. The first-order valence-electron chi connectivity index (χ1n) is 4.67. The van der Waals surface area contributed by atoms with Gasteiger partial charge in [0.05, 0.1) is 0 Å². The number of benzene rings is 1. The molecule has 1 aromatic carbocycles. The van der Waals surface area contributed by atoms with Crippen molar-refractivity contribution in [2.75, 3.05) is 6.54 Å². The van der Waals surface area contributed by atoms with E-state index in [1.165, 1.54) is 6.92 Å². The van der Waals surface area contributed by atoms with Crippen LogP contribution in [0.15, 0.2) is 24.3 Å². The van der Waals surface area contributed by atoms with Crippen LogP contribution in [-0.2, 0) is 6.42 Å². The molecule has 0 aromatic heterocycles. The Morgan fingerprint density at radius 2 is 2.21 bits per heavy atom. The van der Waals surface area contributed by atoms with Gasteiger partial charge < -0.3 is 5.73 Å². The van der Waals surface area contributed by atoms with Crippen molar-refractivity contribution in [3.63, 3.8) is 0 Å². The molecule has 14 heavy (non-hydrogen) atoms. The number of hydrogen-bond donors (Lipinski definition) is 1. The number of aryl methyl sites for hydroxylation is 1. The van der Waals surface area contributed by atoms with Crippen molar-refractivity contribution in [3.8, 4) is 0 Å². The molecule has 78 valence electrons. The highest BCUT2D eigenvalue weighted by atomic mass is 35.5. The van der Waals surface area contributed by atoms with Gasteiger partial charge in [0.15, 0.2) is 0 Å². The smallest absolute Gasteiger partial charge is 0.120 e. The second-order valence-electron chi connectivity index (χ2n) is 3.75. The van der Waals surface area contributed by atoms with Gasteiger partial charge in [-0.05, 0) is 37.5 Å². The fraction of sp³-hybridized carbons (Fsp3) is 0.455. The summed E-state index contributed by atoms with van der Waals surface area (Å²) in [5.74, 6) is 0. The Hall–Kier alpha value is -0.600. The van der Waals surface area contributed by atoms with Gasteiger partial charge in [-0.25, -0.2) is 4.39 Å². The molecule has 0 saturated carbocycles. The second kappa shape index (κ2) is 4.76. The van der Waals surface area contributed by atoms with E-state index in [-0.39, 0.29) is 6.54 Å². The summed E-state index contributed by atoms with van der Waals surface area (Å²) in [6.07, 6.45) is 1.11. The van der Waals surface area contributed by atoms with Gasteiger partial charge in [0.25, 0.3) is 0 Å². The summed E-state index contributed by atoms with van der Waals surface area (Å²) in [4.78, 5) is 0. The summed E-state index contributed by atoms with van der Waals surface area (Å²) < 4.78 is 13.4. The van der Waals surface area contributed by atoms with Crippen LogP contribution in [0.2, 0.25) is 5.02 Å². The molecule has 1 atom stereocenters. The number of hydrogen-bond acceptors (Lipinski definition) is 1. The average molecular weight is 216 g/mol. The number of alkyl halides is 1. The summed E-state index contributed by atoms with van der Waals surface area (Å²) in [7, 11) is 0.